The summed E-state index contributed by atoms with van der Waals surface area (Å²) in [5, 5.41) is 16.0. The van der Waals surface area contributed by atoms with Crippen molar-refractivity contribution in [2.24, 2.45) is 5.92 Å². The van der Waals surface area contributed by atoms with Crippen LogP contribution >= 0.6 is 11.6 Å². The zero-order chi connectivity index (χ0) is 23.4. The lowest BCUT2D eigenvalue weighted by atomic mass is 9.87. The second kappa shape index (κ2) is 10.4. The molecule has 1 aromatic heterocycles. The van der Waals surface area contributed by atoms with Crippen molar-refractivity contribution in [3.8, 4) is 0 Å². The summed E-state index contributed by atoms with van der Waals surface area (Å²) < 4.78 is 1.93. The van der Waals surface area contributed by atoms with Gasteiger partial charge < -0.3 is 10.0 Å². The molecule has 2 heterocycles. The number of piperidine rings is 1. The van der Waals surface area contributed by atoms with Crippen LogP contribution in [0.3, 0.4) is 0 Å². The Kier molecular flexibility index (Phi) is 7.31. The van der Waals surface area contributed by atoms with E-state index in [9.17, 15) is 9.90 Å². The molecule has 1 atom stereocenters. The fraction of sp³-hybridized carbons (Fsp3) is 0.333. The fourth-order valence-electron chi connectivity index (χ4n) is 4.51. The molecule has 5 nitrogen and oxygen atoms in total. The van der Waals surface area contributed by atoms with Crippen LogP contribution in [0.5, 0.6) is 0 Å². The van der Waals surface area contributed by atoms with Gasteiger partial charge in [0, 0.05) is 35.4 Å². The maximum absolute atomic E-state index is 12.8. The number of carbonyl (C=O) groups is 1. The Balaban J connectivity index is 1.37. The topological polar surface area (TPSA) is 58.4 Å². The van der Waals surface area contributed by atoms with Gasteiger partial charge in [-0.15, -0.1) is 0 Å². The summed E-state index contributed by atoms with van der Waals surface area (Å²) in [5.41, 5.74) is 4.80. The average molecular weight is 464 g/mol. The summed E-state index contributed by atoms with van der Waals surface area (Å²) in [6.07, 6.45) is 4.62. The molecule has 1 fully saturated rings. The lowest BCUT2D eigenvalue weighted by Gasteiger charge is -2.33. The molecule has 0 aliphatic carbocycles. The molecule has 1 aliphatic heterocycles. The number of aromatic nitrogens is 2. The number of amides is 1. The number of hydrogen-bond acceptors (Lipinski definition) is 3. The Labute approximate surface area is 200 Å². The Morgan fingerprint density at radius 3 is 2.48 bits per heavy atom. The quantitative estimate of drug-likeness (QED) is 0.512. The van der Waals surface area contributed by atoms with Gasteiger partial charge in [-0.1, -0.05) is 60.1 Å². The molecule has 1 N–H and O–H groups in total. The molecule has 1 amide bonds. The van der Waals surface area contributed by atoms with E-state index in [0.717, 1.165) is 45.9 Å². The number of halogens is 1. The van der Waals surface area contributed by atoms with Crippen molar-refractivity contribution in [3.63, 3.8) is 0 Å². The Morgan fingerprint density at radius 1 is 1.12 bits per heavy atom. The van der Waals surface area contributed by atoms with Crippen LogP contribution < -0.4 is 0 Å². The summed E-state index contributed by atoms with van der Waals surface area (Å²) >= 11 is 6.31. The number of rotatable bonds is 6. The number of nitrogens with zero attached hydrogens (tertiary/aromatic N) is 3. The van der Waals surface area contributed by atoms with E-state index in [1.165, 1.54) is 0 Å². The van der Waals surface area contributed by atoms with Crippen LogP contribution in [0.4, 0.5) is 0 Å². The molecule has 0 radical (unpaired) electrons. The molecule has 3 aromatic rings. The number of likely N-dealkylation sites (tertiary alicyclic amines) is 1. The first kappa shape index (κ1) is 23.3. The van der Waals surface area contributed by atoms with Gasteiger partial charge in [-0.05, 0) is 55.9 Å². The van der Waals surface area contributed by atoms with Crippen LogP contribution in [-0.2, 0) is 11.3 Å². The van der Waals surface area contributed by atoms with E-state index >= 15 is 0 Å². The third-order valence-corrected chi connectivity index (χ3v) is 6.92. The van der Waals surface area contributed by atoms with Crippen molar-refractivity contribution in [3.05, 3.63) is 93.8 Å². The molecule has 172 valence electrons. The van der Waals surface area contributed by atoms with Gasteiger partial charge in [0.2, 0.25) is 5.91 Å². The lowest BCUT2D eigenvalue weighted by Crippen LogP contribution is -2.38. The molecule has 6 heteroatoms. The fourth-order valence-corrected chi connectivity index (χ4v) is 4.71. The zero-order valence-electron chi connectivity index (χ0n) is 19.1. The smallest absolute Gasteiger partial charge is 0.246 e. The zero-order valence-corrected chi connectivity index (χ0v) is 19.9. The number of aliphatic hydroxyl groups excluding tert-OH is 1. The summed E-state index contributed by atoms with van der Waals surface area (Å²) in [7, 11) is 0. The molecule has 0 bridgehead atoms. The van der Waals surface area contributed by atoms with Crippen molar-refractivity contribution in [1.82, 2.24) is 14.7 Å². The monoisotopic (exact) mass is 463 g/mol. The third-order valence-electron chi connectivity index (χ3n) is 6.55. The van der Waals surface area contributed by atoms with E-state index < -0.39 is 6.10 Å². The summed E-state index contributed by atoms with van der Waals surface area (Å²) in [4.78, 5) is 14.7. The van der Waals surface area contributed by atoms with Gasteiger partial charge in [0.1, 0.15) is 0 Å². The van der Waals surface area contributed by atoms with Crippen molar-refractivity contribution in [2.45, 2.75) is 39.3 Å². The maximum atomic E-state index is 12.8. The van der Waals surface area contributed by atoms with E-state index in [1.807, 2.05) is 84.1 Å². The molecule has 1 saturated heterocycles. The van der Waals surface area contributed by atoms with Crippen LogP contribution in [0.25, 0.3) is 6.08 Å². The molecule has 0 spiro atoms. The maximum Gasteiger partial charge on any atom is 0.246 e. The normalized spacial score (nSPS) is 15.8. The SMILES string of the molecule is Cc1nn(Cc2ccccc2Cl)c(C)c1C=CC(=O)N1CCC(C(O)c2ccccc2)CC1. The van der Waals surface area contributed by atoms with E-state index in [2.05, 4.69) is 5.10 Å². The van der Waals surface area contributed by atoms with Gasteiger partial charge >= 0.3 is 0 Å². The molecular formula is C27H30ClN3O2. The summed E-state index contributed by atoms with van der Waals surface area (Å²) in [6, 6.07) is 17.5. The highest BCUT2D eigenvalue weighted by molar-refractivity contribution is 6.31. The van der Waals surface area contributed by atoms with Crippen molar-refractivity contribution >= 4 is 23.6 Å². The second-order valence-corrected chi connectivity index (χ2v) is 9.09. The predicted octanol–water partition coefficient (Wildman–Crippen LogP) is 5.19. The highest BCUT2D eigenvalue weighted by atomic mass is 35.5. The van der Waals surface area contributed by atoms with Gasteiger partial charge in [0.15, 0.2) is 0 Å². The average Bonchev–Trinajstić information content (AvgIpc) is 3.11. The first-order valence-electron chi connectivity index (χ1n) is 11.4. The van der Waals surface area contributed by atoms with Gasteiger partial charge in [0.05, 0.1) is 18.3 Å². The van der Waals surface area contributed by atoms with E-state index in [4.69, 9.17) is 11.6 Å². The van der Waals surface area contributed by atoms with Crippen LogP contribution in [0.15, 0.2) is 60.7 Å². The first-order chi connectivity index (χ1) is 15.9. The number of carbonyl (C=O) groups excluding carboxylic acids is 1. The number of benzene rings is 2. The van der Waals surface area contributed by atoms with E-state index in [1.54, 1.807) is 6.08 Å². The molecule has 1 aliphatic rings. The van der Waals surface area contributed by atoms with E-state index in [0.29, 0.717) is 19.6 Å². The van der Waals surface area contributed by atoms with Gasteiger partial charge in [0.25, 0.3) is 0 Å². The minimum atomic E-state index is -0.478. The standard InChI is InChI=1S/C27H30ClN3O2/c1-19-24(20(2)31(29-19)18-23-10-6-7-11-25(23)28)12-13-26(32)30-16-14-22(15-17-30)27(33)21-8-4-3-5-9-21/h3-13,22,27,33H,14-18H2,1-2H3. The molecule has 0 saturated carbocycles. The molecule has 1 unspecified atom stereocenters. The highest BCUT2D eigenvalue weighted by Gasteiger charge is 2.27. The molecule has 2 aromatic carbocycles. The minimum Gasteiger partial charge on any atom is -0.388 e. The first-order valence-corrected chi connectivity index (χ1v) is 11.8. The van der Waals surface area contributed by atoms with Crippen LogP contribution in [0, 0.1) is 19.8 Å². The third kappa shape index (κ3) is 5.37. The molecular weight excluding hydrogens is 434 g/mol. The molecule has 33 heavy (non-hydrogen) atoms. The Bertz CT molecular complexity index is 1130. The van der Waals surface area contributed by atoms with Gasteiger partial charge in [-0.2, -0.15) is 5.10 Å². The minimum absolute atomic E-state index is 0.000282. The largest absolute Gasteiger partial charge is 0.388 e. The Hall–Kier alpha value is -2.89. The number of aryl methyl sites for hydroxylation is 1. The van der Waals surface area contributed by atoms with E-state index in [-0.39, 0.29) is 11.8 Å². The number of hydrogen-bond donors (Lipinski definition) is 1. The lowest BCUT2D eigenvalue weighted by molar-refractivity contribution is -0.127. The van der Waals surface area contributed by atoms with Crippen LogP contribution in [0.1, 0.15) is 47.0 Å². The molecule has 4 rings (SSSR count). The van der Waals surface area contributed by atoms with Crippen LogP contribution in [0.2, 0.25) is 5.02 Å². The highest BCUT2D eigenvalue weighted by Crippen LogP contribution is 2.30. The van der Waals surface area contributed by atoms with Crippen molar-refractivity contribution in [2.75, 3.05) is 13.1 Å². The predicted molar refractivity (Wildman–Crippen MR) is 132 cm³/mol. The number of aliphatic hydroxyl groups is 1. The van der Waals surface area contributed by atoms with Crippen molar-refractivity contribution in [1.29, 1.82) is 0 Å². The van der Waals surface area contributed by atoms with Crippen LogP contribution in [-0.4, -0.2) is 38.8 Å². The van der Waals surface area contributed by atoms with Gasteiger partial charge in [-0.3, -0.25) is 9.48 Å². The second-order valence-electron chi connectivity index (χ2n) is 8.69. The summed E-state index contributed by atoms with van der Waals surface area (Å²) in [6.45, 7) is 5.86. The Morgan fingerprint density at radius 2 is 1.79 bits per heavy atom. The van der Waals surface area contributed by atoms with Crippen molar-refractivity contribution < 1.29 is 9.90 Å². The summed E-state index contributed by atoms with van der Waals surface area (Å²) in [5.74, 6) is 0.174. The van der Waals surface area contributed by atoms with Gasteiger partial charge in [-0.25, -0.2) is 0 Å².